The monoisotopic (exact) mass is 569 g/mol. The maximum absolute atomic E-state index is 13.9. The Bertz CT molecular complexity index is 1270. The fourth-order valence-electron chi connectivity index (χ4n) is 6.23. The molecule has 3 amide bonds. The van der Waals surface area contributed by atoms with E-state index in [0.29, 0.717) is 23.5 Å². The molecular formula is C29H39N3O7Si. The predicted octanol–water partition coefficient (Wildman–Crippen LogP) is 2.19. The molecular weight excluding hydrogens is 530 g/mol. The third kappa shape index (κ3) is 5.44. The highest BCUT2D eigenvalue weighted by Crippen LogP contribution is 2.59. The van der Waals surface area contributed by atoms with E-state index in [1.165, 1.54) is 11.8 Å². The fourth-order valence-corrected chi connectivity index (χ4v) is 8.78. The number of aliphatic hydroxyl groups is 2. The molecule has 0 radical (unpaired) electrons. The summed E-state index contributed by atoms with van der Waals surface area (Å²) in [4.78, 5) is 54.2. The summed E-state index contributed by atoms with van der Waals surface area (Å²) in [5.41, 5.74) is 0.564. The van der Waals surface area contributed by atoms with Crippen LogP contribution in [0.2, 0.25) is 18.6 Å². The van der Waals surface area contributed by atoms with Gasteiger partial charge in [0.05, 0.1) is 24.8 Å². The number of carbonyl (C=O) groups is 3. The van der Waals surface area contributed by atoms with Gasteiger partial charge in [0.2, 0.25) is 5.91 Å². The smallest absolute Gasteiger partial charge is 0.264 e. The molecule has 0 aromatic heterocycles. The molecule has 40 heavy (non-hydrogen) atoms. The SMILES string of the molecule is C[C@H](O)C(=O)Nc1ccc2c(c1)[C@@]1(O[C@H](CC(=O)N(CCO)Cc3ccccc3)[C@@H]([Si](C)(C)O)[C@@H]1C)C(=O)N2C. The van der Waals surface area contributed by atoms with Gasteiger partial charge in [0.25, 0.3) is 11.8 Å². The first-order valence-corrected chi connectivity index (χ1v) is 16.6. The minimum Gasteiger partial charge on any atom is -0.432 e. The second kappa shape index (κ2) is 11.4. The Morgan fingerprint density at radius 1 is 1.20 bits per heavy atom. The third-order valence-electron chi connectivity index (χ3n) is 8.08. The molecule has 5 atom stereocenters. The molecule has 216 valence electrons. The van der Waals surface area contributed by atoms with E-state index in [9.17, 15) is 29.4 Å². The van der Waals surface area contributed by atoms with Crippen LogP contribution in [0.3, 0.4) is 0 Å². The average molecular weight is 570 g/mol. The zero-order valence-electron chi connectivity index (χ0n) is 23.6. The minimum absolute atomic E-state index is 0.0641. The van der Waals surface area contributed by atoms with Crippen LogP contribution in [0.15, 0.2) is 48.5 Å². The molecule has 0 aliphatic carbocycles. The summed E-state index contributed by atoms with van der Waals surface area (Å²) in [6, 6.07) is 14.5. The Kier molecular flexibility index (Phi) is 8.53. The molecule has 2 heterocycles. The van der Waals surface area contributed by atoms with Gasteiger partial charge in [-0.1, -0.05) is 37.3 Å². The second-order valence-electron chi connectivity index (χ2n) is 11.4. The van der Waals surface area contributed by atoms with Crippen LogP contribution >= 0.6 is 0 Å². The third-order valence-corrected chi connectivity index (χ3v) is 10.6. The van der Waals surface area contributed by atoms with E-state index in [2.05, 4.69) is 5.32 Å². The van der Waals surface area contributed by atoms with Gasteiger partial charge >= 0.3 is 0 Å². The number of anilines is 2. The van der Waals surface area contributed by atoms with Crippen LogP contribution in [0.5, 0.6) is 0 Å². The number of hydrogen-bond donors (Lipinski definition) is 4. The van der Waals surface area contributed by atoms with Crippen LogP contribution < -0.4 is 10.2 Å². The lowest BCUT2D eigenvalue weighted by molar-refractivity contribution is -0.149. The van der Waals surface area contributed by atoms with Gasteiger partial charge in [-0.15, -0.1) is 0 Å². The van der Waals surface area contributed by atoms with Crippen LogP contribution in [0, 0.1) is 5.92 Å². The number of benzene rings is 2. The second-order valence-corrected chi connectivity index (χ2v) is 15.3. The molecule has 4 N–H and O–H groups in total. The quantitative estimate of drug-likeness (QED) is 0.340. The first-order valence-electron chi connectivity index (χ1n) is 13.6. The standard InChI is InChI=1S/C29H39N3O7Si/c1-18-26(40(4,5)38)24(16-25(35)32(13-14-33)17-20-9-7-6-8-10-20)39-29(18)22-15-21(30-27(36)19(2)34)11-12-23(22)31(3)28(29)37/h6-12,15,18-19,24,26,33-34,38H,13-14,16-17H2,1-5H3,(H,30,36)/t18-,19-,24+,26-,29+/m0/s1. The minimum atomic E-state index is -2.98. The van der Waals surface area contributed by atoms with E-state index in [1.807, 2.05) is 37.3 Å². The number of rotatable bonds is 9. The zero-order valence-corrected chi connectivity index (χ0v) is 24.6. The van der Waals surface area contributed by atoms with Crippen molar-refractivity contribution < 1.29 is 34.1 Å². The highest BCUT2D eigenvalue weighted by molar-refractivity contribution is 6.71. The van der Waals surface area contributed by atoms with Crippen molar-refractivity contribution in [2.45, 2.75) is 63.3 Å². The summed E-state index contributed by atoms with van der Waals surface area (Å²) < 4.78 is 6.64. The molecule has 4 rings (SSSR count). The highest BCUT2D eigenvalue weighted by Gasteiger charge is 2.66. The number of ether oxygens (including phenoxy) is 1. The van der Waals surface area contributed by atoms with Gasteiger partial charge < -0.3 is 34.9 Å². The number of nitrogens with zero attached hydrogens (tertiary/aromatic N) is 2. The largest absolute Gasteiger partial charge is 0.432 e. The normalized spacial score (nSPS) is 24.8. The van der Waals surface area contributed by atoms with Crippen LogP contribution in [-0.2, 0) is 31.3 Å². The maximum atomic E-state index is 13.9. The van der Waals surface area contributed by atoms with E-state index in [-0.39, 0.29) is 31.4 Å². The summed E-state index contributed by atoms with van der Waals surface area (Å²) in [5.74, 6) is -1.60. The van der Waals surface area contributed by atoms with Crippen LogP contribution in [0.25, 0.3) is 0 Å². The van der Waals surface area contributed by atoms with Crippen molar-refractivity contribution >= 4 is 37.4 Å². The molecule has 1 spiro atoms. The summed E-state index contributed by atoms with van der Waals surface area (Å²) >= 11 is 0. The van der Waals surface area contributed by atoms with E-state index < -0.39 is 43.5 Å². The summed E-state index contributed by atoms with van der Waals surface area (Å²) in [7, 11) is -1.33. The number of carbonyl (C=O) groups excluding carboxylic acids is 3. The Morgan fingerprint density at radius 2 is 1.88 bits per heavy atom. The predicted molar refractivity (Wildman–Crippen MR) is 153 cm³/mol. The molecule has 1 saturated heterocycles. The van der Waals surface area contributed by atoms with E-state index in [1.54, 1.807) is 43.2 Å². The molecule has 10 nitrogen and oxygen atoms in total. The molecule has 2 aromatic rings. The number of likely N-dealkylation sites (N-methyl/N-ethyl adjacent to an activating group) is 1. The molecule has 0 unspecified atom stereocenters. The van der Waals surface area contributed by atoms with Crippen molar-refractivity contribution in [3.63, 3.8) is 0 Å². The van der Waals surface area contributed by atoms with E-state index >= 15 is 0 Å². The Balaban J connectivity index is 1.70. The van der Waals surface area contributed by atoms with Gasteiger partial charge in [-0.2, -0.15) is 0 Å². The highest BCUT2D eigenvalue weighted by atomic mass is 28.4. The van der Waals surface area contributed by atoms with Gasteiger partial charge in [-0.3, -0.25) is 14.4 Å². The maximum Gasteiger partial charge on any atom is 0.264 e. The Morgan fingerprint density at radius 3 is 2.48 bits per heavy atom. The van der Waals surface area contributed by atoms with Gasteiger partial charge in [0.15, 0.2) is 13.9 Å². The number of hydrogen-bond acceptors (Lipinski definition) is 7. The lowest BCUT2D eigenvalue weighted by atomic mass is 9.82. The molecule has 0 saturated carbocycles. The van der Waals surface area contributed by atoms with Gasteiger partial charge in [0, 0.05) is 42.8 Å². The number of amides is 3. The summed E-state index contributed by atoms with van der Waals surface area (Å²) in [6.07, 6.45) is -2.03. The lowest BCUT2D eigenvalue weighted by Crippen LogP contribution is -2.45. The van der Waals surface area contributed by atoms with Crippen molar-refractivity contribution in [2.24, 2.45) is 5.92 Å². The molecule has 2 aliphatic rings. The van der Waals surface area contributed by atoms with Gasteiger partial charge in [-0.05, 0) is 43.8 Å². The average Bonchev–Trinajstić information content (AvgIpc) is 3.30. The van der Waals surface area contributed by atoms with Crippen molar-refractivity contribution in [1.82, 2.24) is 4.90 Å². The first kappa shape index (κ1) is 29.9. The lowest BCUT2D eigenvalue weighted by Gasteiger charge is -2.32. The Hall–Kier alpha value is -3.09. The molecule has 1 fully saturated rings. The van der Waals surface area contributed by atoms with Crippen molar-refractivity contribution in [3.8, 4) is 0 Å². The van der Waals surface area contributed by atoms with Gasteiger partial charge in [0.1, 0.15) is 6.10 Å². The number of aliphatic hydroxyl groups excluding tert-OH is 2. The summed E-state index contributed by atoms with van der Waals surface area (Å²) in [6.45, 7) is 7.06. The Labute approximate surface area is 235 Å². The van der Waals surface area contributed by atoms with Gasteiger partial charge in [-0.25, -0.2) is 0 Å². The molecule has 0 bridgehead atoms. The van der Waals surface area contributed by atoms with Crippen LogP contribution in [-0.4, -0.2) is 78.4 Å². The van der Waals surface area contributed by atoms with Crippen molar-refractivity contribution in [3.05, 3.63) is 59.7 Å². The number of nitrogens with one attached hydrogen (secondary N) is 1. The number of fused-ring (bicyclic) bond motifs is 2. The zero-order chi connectivity index (χ0) is 29.4. The van der Waals surface area contributed by atoms with E-state index in [4.69, 9.17) is 4.74 Å². The van der Waals surface area contributed by atoms with Crippen molar-refractivity contribution in [1.29, 1.82) is 0 Å². The molecule has 2 aromatic carbocycles. The van der Waals surface area contributed by atoms with Crippen LogP contribution in [0.4, 0.5) is 11.4 Å². The topological polar surface area (TPSA) is 140 Å². The molecule has 11 heteroatoms. The molecule has 2 aliphatic heterocycles. The fraction of sp³-hybridized carbons (Fsp3) is 0.483. The summed E-state index contributed by atoms with van der Waals surface area (Å²) in [5, 5.41) is 22.0. The van der Waals surface area contributed by atoms with Crippen LogP contribution in [0.1, 0.15) is 31.4 Å². The first-order chi connectivity index (χ1) is 18.8. The van der Waals surface area contributed by atoms with Crippen molar-refractivity contribution in [2.75, 3.05) is 30.4 Å². The van der Waals surface area contributed by atoms with E-state index in [0.717, 1.165) is 5.56 Å².